The van der Waals surface area contributed by atoms with Crippen LogP contribution in [0.2, 0.25) is 0 Å². The fraction of sp³-hybridized carbons (Fsp3) is 0.375. The molecule has 2 nitrogen and oxygen atoms in total. The SMILES string of the molecule is C#CC(=O)Oc1cccc(-c2cc3c(cc2C)C(C)(C)CCC3(C)C)c1. The lowest BCUT2D eigenvalue weighted by Crippen LogP contribution is -2.34. The van der Waals surface area contributed by atoms with Crippen LogP contribution in [0.4, 0.5) is 0 Å². The van der Waals surface area contributed by atoms with Crippen LogP contribution in [-0.2, 0) is 15.6 Å². The maximum Gasteiger partial charge on any atom is 0.389 e. The molecule has 1 aliphatic rings. The Labute approximate surface area is 156 Å². The lowest BCUT2D eigenvalue weighted by atomic mass is 9.62. The van der Waals surface area contributed by atoms with Gasteiger partial charge in [-0.25, -0.2) is 4.79 Å². The van der Waals surface area contributed by atoms with Gasteiger partial charge in [-0.1, -0.05) is 52.0 Å². The van der Waals surface area contributed by atoms with Crippen molar-refractivity contribution in [2.45, 2.75) is 58.3 Å². The normalized spacial score (nSPS) is 17.1. The molecule has 2 aromatic rings. The van der Waals surface area contributed by atoms with E-state index in [2.05, 4.69) is 46.8 Å². The van der Waals surface area contributed by atoms with Crippen LogP contribution in [0.25, 0.3) is 11.1 Å². The van der Waals surface area contributed by atoms with Crippen molar-refractivity contribution in [3.63, 3.8) is 0 Å². The first-order chi connectivity index (χ1) is 12.1. The van der Waals surface area contributed by atoms with Crippen molar-refractivity contribution < 1.29 is 9.53 Å². The molecule has 0 N–H and O–H groups in total. The number of carbonyl (C=O) groups is 1. The number of hydrogen-bond donors (Lipinski definition) is 0. The van der Waals surface area contributed by atoms with Gasteiger partial charge in [-0.05, 0) is 70.5 Å². The lowest BCUT2D eigenvalue weighted by Gasteiger charge is -2.42. The molecule has 0 heterocycles. The molecule has 0 fully saturated rings. The first kappa shape index (κ1) is 18.3. The number of hydrogen-bond acceptors (Lipinski definition) is 2. The molecule has 0 atom stereocenters. The number of terminal acetylenes is 1. The van der Waals surface area contributed by atoms with Crippen molar-refractivity contribution in [1.82, 2.24) is 0 Å². The molecule has 0 saturated carbocycles. The smallest absolute Gasteiger partial charge is 0.389 e. The highest BCUT2D eigenvalue weighted by atomic mass is 16.5. The van der Waals surface area contributed by atoms with E-state index in [4.69, 9.17) is 11.2 Å². The highest BCUT2D eigenvalue weighted by molar-refractivity contribution is 5.89. The first-order valence-corrected chi connectivity index (χ1v) is 9.08. The van der Waals surface area contributed by atoms with E-state index in [0.29, 0.717) is 5.75 Å². The molecular weight excluding hydrogens is 320 g/mol. The molecule has 0 unspecified atom stereocenters. The average molecular weight is 346 g/mol. The van der Waals surface area contributed by atoms with Crippen molar-refractivity contribution >= 4 is 5.97 Å². The third-order valence-corrected chi connectivity index (χ3v) is 5.67. The quantitative estimate of drug-likeness (QED) is 0.308. The second-order valence-electron chi connectivity index (χ2n) is 8.54. The molecular formula is C24H26O2. The minimum Gasteiger partial charge on any atom is -0.417 e. The summed E-state index contributed by atoms with van der Waals surface area (Å²) in [7, 11) is 0. The van der Waals surface area contributed by atoms with Gasteiger partial charge in [-0.15, -0.1) is 6.42 Å². The average Bonchev–Trinajstić information content (AvgIpc) is 2.59. The molecule has 0 radical (unpaired) electrons. The summed E-state index contributed by atoms with van der Waals surface area (Å²) in [5, 5.41) is 0. The van der Waals surface area contributed by atoms with E-state index in [9.17, 15) is 4.79 Å². The van der Waals surface area contributed by atoms with Gasteiger partial charge in [0, 0.05) is 5.92 Å². The lowest BCUT2D eigenvalue weighted by molar-refractivity contribution is -0.128. The molecule has 2 aromatic carbocycles. The van der Waals surface area contributed by atoms with Gasteiger partial charge in [0.2, 0.25) is 0 Å². The predicted octanol–water partition coefficient (Wildman–Crippen LogP) is 5.55. The predicted molar refractivity (Wildman–Crippen MR) is 106 cm³/mol. The molecule has 0 spiro atoms. The van der Waals surface area contributed by atoms with Crippen LogP contribution in [0.15, 0.2) is 36.4 Å². The van der Waals surface area contributed by atoms with E-state index >= 15 is 0 Å². The van der Waals surface area contributed by atoms with Crippen LogP contribution in [0.5, 0.6) is 5.75 Å². The van der Waals surface area contributed by atoms with Crippen LogP contribution < -0.4 is 4.74 Å². The van der Waals surface area contributed by atoms with Gasteiger partial charge < -0.3 is 4.74 Å². The fourth-order valence-corrected chi connectivity index (χ4v) is 3.90. The van der Waals surface area contributed by atoms with E-state index in [1.807, 2.05) is 24.1 Å². The van der Waals surface area contributed by atoms with Gasteiger partial charge in [0.25, 0.3) is 0 Å². The first-order valence-electron chi connectivity index (χ1n) is 9.08. The Morgan fingerprint density at radius 1 is 1.04 bits per heavy atom. The number of esters is 1. The zero-order valence-electron chi connectivity index (χ0n) is 16.3. The van der Waals surface area contributed by atoms with Crippen LogP contribution in [0.3, 0.4) is 0 Å². The molecule has 2 heteroatoms. The van der Waals surface area contributed by atoms with Crippen molar-refractivity contribution in [3.8, 4) is 29.2 Å². The number of rotatable bonds is 2. The van der Waals surface area contributed by atoms with Gasteiger partial charge in [0.05, 0.1) is 0 Å². The van der Waals surface area contributed by atoms with E-state index in [-0.39, 0.29) is 10.8 Å². The largest absolute Gasteiger partial charge is 0.417 e. The molecule has 0 amide bonds. The Bertz CT molecular complexity index is 910. The maximum absolute atomic E-state index is 11.4. The second kappa shape index (κ2) is 6.32. The monoisotopic (exact) mass is 346 g/mol. The summed E-state index contributed by atoms with van der Waals surface area (Å²) in [6, 6.07) is 12.2. The Balaban J connectivity index is 2.12. The van der Waals surface area contributed by atoms with Crippen molar-refractivity contribution in [3.05, 3.63) is 53.1 Å². The summed E-state index contributed by atoms with van der Waals surface area (Å²) in [4.78, 5) is 11.4. The Morgan fingerprint density at radius 3 is 2.27 bits per heavy atom. The summed E-state index contributed by atoms with van der Waals surface area (Å²) in [5.74, 6) is 1.78. The van der Waals surface area contributed by atoms with E-state index in [1.165, 1.54) is 35.1 Å². The number of ether oxygens (including phenoxy) is 1. The molecule has 0 aromatic heterocycles. The fourth-order valence-electron chi connectivity index (χ4n) is 3.90. The summed E-state index contributed by atoms with van der Waals surface area (Å²) in [6.45, 7) is 11.5. The Kier molecular flexibility index (Phi) is 4.44. The van der Waals surface area contributed by atoms with Crippen LogP contribution in [0.1, 0.15) is 57.2 Å². The van der Waals surface area contributed by atoms with Crippen molar-refractivity contribution in [1.29, 1.82) is 0 Å². The summed E-state index contributed by atoms with van der Waals surface area (Å²) in [6.07, 6.45) is 7.47. The topological polar surface area (TPSA) is 26.3 Å². The maximum atomic E-state index is 11.4. The standard InChI is InChI=1S/C24H26O2/c1-7-22(25)26-18-10-8-9-17(14-18)19-15-21-20(13-16(19)2)23(3,4)11-12-24(21,5)6/h1,8-10,13-15H,11-12H2,2-6H3. The summed E-state index contributed by atoms with van der Waals surface area (Å²) >= 11 is 0. The molecule has 134 valence electrons. The zero-order valence-corrected chi connectivity index (χ0v) is 16.3. The number of aryl methyl sites for hydroxylation is 1. The molecule has 3 rings (SSSR count). The second-order valence-corrected chi connectivity index (χ2v) is 8.54. The van der Waals surface area contributed by atoms with Crippen LogP contribution in [-0.4, -0.2) is 5.97 Å². The van der Waals surface area contributed by atoms with Gasteiger partial charge in [0.15, 0.2) is 0 Å². The number of benzene rings is 2. The highest BCUT2D eigenvalue weighted by Crippen LogP contribution is 2.47. The molecule has 1 aliphatic carbocycles. The van der Waals surface area contributed by atoms with E-state index in [0.717, 1.165) is 5.56 Å². The molecule has 26 heavy (non-hydrogen) atoms. The van der Waals surface area contributed by atoms with Gasteiger partial charge in [-0.3, -0.25) is 0 Å². The minimum absolute atomic E-state index is 0.154. The zero-order chi connectivity index (χ0) is 19.1. The summed E-state index contributed by atoms with van der Waals surface area (Å²) in [5.41, 5.74) is 6.65. The Morgan fingerprint density at radius 2 is 1.65 bits per heavy atom. The van der Waals surface area contributed by atoms with Crippen LogP contribution in [0, 0.1) is 19.3 Å². The van der Waals surface area contributed by atoms with Gasteiger partial charge >= 0.3 is 5.97 Å². The van der Waals surface area contributed by atoms with Gasteiger partial charge in [0.1, 0.15) is 5.75 Å². The molecule has 0 bridgehead atoms. The van der Waals surface area contributed by atoms with E-state index in [1.54, 1.807) is 6.07 Å². The number of carbonyl (C=O) groups excluding carboxylic acids is 1. The van der Waals surface area contributed by atoms with E-state index < -0.39 is 5.97 Å². The minimum atomic E-state index is -0.674. The number of fused-ring (bicyclic) bond motifs is 1. The molecule has 0 aliphatic heterocycles. The van der Waals surface area contributed by atoms with Crippen molar-refractivity contribution in [2.24, 2.45) is 0 Å². The van der Waals surface area contributed by atoms with Gasteiger partial charge in [-0.2, -0.15) is 0 Å². The molecule has 0 saturated heterocycles. The summed E-state index contributed by atoms with van der Waals surface area (Å²) < 4.78 is 5.18. The van der Waals surface area contributed by atoms with Crippen molar-refractivity contribution in [2.75, 3.05) is 0 Å². The highest BCUT2D eigenvalue weighted by Gasteiger charge is 2.37. The Hall–Kier alpha value is -2.53. The third-order valence-electron chi connectivity index (χ3n) is 5.67. The van der Waals surface area contributed by atoms with Crippen LogP contribution >= 0.6 is 0 Å². The third kappa shape index (κ3) is 3.27.